The third-order valence-corrected chi connectivity index (χ3v) is 5.26. The summed E-state index contributed by atoms with van der Waals surface area (Å²) in [6.45, 7) is 3.39. The molecule has 1 N–H and O–H groups in total. The minimum Gasteiger partial charge on any atom is -0.491 e. The Morgan fingerprint density at radius 2 is 1.81 bits per heavy atom. The molecule has 1 aromatic heterocycles. The normalized spacial score (nSPS) is 11.4. The molecule has 0 aliphatic heterocycles. The van der Waals surface area contributed by atoms with Crippen LogP contribution in [0.2, 0.25) is 0 Å². The van der Waals surface area contributed by atoms with Gasteiger partial charge in [0.1, 0.15) is 12.3 Å². The van der Waals surface area contributed by atoms with Gasteiger partial charge in [-0.3, -0.25) is 9.10 Å². The maximum atomic E-state index is 12.4. The Morgan fingerprint density at radius 3 is 2.42 bits per heavy atom. The summed E-state index contributed by atoms with van der Waals surface area (Å²) in [6, 6.07) is 15.8. The monoisotopic (exact) mass is 444 g/mol. The number of amides is 1. The first kappa shape index (κ1) is 22.3. The molecule has 3 aromatic rings. The number of anilines is 1. The number of benzene rings is 2. The molecule has 0 unspecified atom stereocenters. The van der Waals surface area contributed by atoms with E-state index in [4.69, 9.17) is 9.26 Å². The van der Waals surface area contributed by atoms with E-state index in [0.717, 1.165) is 16.1 Å². The fourth-order valence-corrected chi connectivity index (χ4v) is 3.61. The van der Waals surface area contributed by atoms with Gasteiger partial charge in [0.2, 0.25) is 27.6 Å². The van der Waals surface area contributed by atoms with Gasteiger partial charge in [0.05, 0.1) is 24.6 Å². The van der Waals surface area contributed by atoms with E-state index in [0.29, 0.717) is 17.3 Å². The standard InChI is InChI=1S/C21H24N4O5S/c1-15(2)29-18-11-9-17(10-12-18)25(31(3,27)28)14-19(26)22-13-20-23-21(24-30-20)16-7-5-4-6-8-16/h4-12,15H,13-14H2,1-3H3,(H,22,26). The van der Waals surface area contributed by atoms with Crippen molar-refractivity contribution in [1.82, 2.24) is 15.5 Å². The second-order valence-electron chi connectivity index (χ2n) is 7.08. The Kier molecular flexibility index (Phi) is 6.91. The molecule has 164 valence electrons. The zero-order chi connectivity index (χ0) is 22.4. The Hall–Kier alpha value is -3.40. The van der Waals surface area contributed by atoms with Crippen LogP contribution < -0.4 is 14.4 Å². The SMILES string of the molecule is CC(C)Oc1ccc(N(CC(=O)NCc2nc(-c3ccccc3)no2)S(C)(=O)=O)cc1. The van der Waals surface area contributed by atoms with Gasteiger partial charge in [-0.15, -0.1) is 0 Å². The van der Waals surface area contributed by atoms with Crippen molar-refractivity contribution in [1.29, 1.82) is 0 Å². The van der Waals surface area contributed by atoms with Gasteiger partial charge < -0.3 is 14.6 Å². The van der Waals surface area contributed by atoms with Gasteiger partial charge in [0.15, 0.2) is 0 Å². The minimum absolute atomic E-state index is 0.00487. The number of hydrogen-bond acceptors (Lipinski definition) is 7. The Labute approximate surface area is 181 Å². The average Bonchev–Trinajstić information content (AvgIpc) is 3.20. The third-order valence-electron chi connectivity index (χ3n) is 4.12. The number of ether oxygens (including phenoxy) is 1. The molecule has 0 spiro atoms. The molecule has 0 aliphatic carbocycles. The fraction of sp³-hybridized carbons (Fsp3) is 0.286. The predicted molar refractivity (Wildman–Crippen MR) is 116 cm³/mol. The number of hydrogen-bond donors (Lipinski definition) is 1. The first-order valence-electron chi connectivity index (χ1n) is 9.61. The lowest BCUT2D eigenvalue weighted by molar-refractivity contribution is -0.119. The number of sulfonamides is 1. The maximum absolute atomic E-state index is 12.4. The first-order valence-corrected chi connectivity index (χ1v) is 11.5. The summed E-state index contributed by atoms with van der Waals surface area (Å²) in [5.74, 6) is 0.731. The van der Waals surface area contributed by atoms with Crippen LogP contribution in [0, 0.1) is 0 Å². The van der Waals surface area contributed by atoms with Crippen molar-refractivity contribution in [3.8, 4) is 17.1 Å². The lowest BCUT2D eigenvalue weighted by Gasteiger charge is -2.22. The Balaban J connectivity index is 1.63. The van der Waals surface area contributed by atoms with E-state index < -0.39 is 15.9 Å². The molecule has 0 atom stereocenters. The molecule has 31 heavy (non-hydrogen) atoms. The Bertz CT molecular complexity index is 1110. The Morgan fingerprint density at radius 1 is 1.13 bits per heavy atom. The first-order chi connectivity index (χ1) is 14.7. The molecule has 0 saturated heterocycles. The van der Waals surface area contributed by atoms with Gasteiger partial charge in [-0.2, -0.15) is 4.98 Å². The van der Waals surface area contributed by atoms with E-state index in [1.165, 1.54) is 0 Å². The summed E-state index contributed by atoms with van der Waals surface area (Å²) in [4.78, 5) is 16.6. The number of aromatic nitrogens is 2. The van der Waals surface area contributed by atoms with Gasteiger partial charge in [0, 0.05) is 5.56 Å². The van der Waals surface area contributed by atoms with E-state index >= 15 is 0 Å². The van der Waals surface area contributed by atoms with E-state index in [1.54, 1.807) is 24.3 Å². The molecule has 2 aromatic carbocycles. The molecule has 9 nitrogen and oxygen atoms in total. The average molecular weight is 445 g/mol. The van der Waals surface area contributed by atoms with E-state index in [-0.39, 0.29) is 25.1 Å². The highest BCUT2D eigenvalue weighted by Crippen LogP contribution is 2.22. The quantitative estimate of drug-likeness (QED) is 0.539. The molecule has 3 rings (SSSR count). The van der Waals surface area contributed by atoms with Gasteiger partial charge in [-0.1, -0.05) is 35.5 Å². The minimum atomic E-state index is -3.68. The molecule has 1 amide bonds. The smallest absolute Gasteiger partial charge is 0.246 e. The van der Waals surface area contributed by atoms with Crippen LogP contribution >= 0.6 is 0 Å². The van der Waals surface area contributed by atoms with Gasteiger partial charge in [-0.25, -0.2) is 8.42 Å². The molecule has 0 saturated carbocycles. The summed E-state index contributed by atoms with van der Waals surface area (Å²) in [7, 11) is -3.68. The summed E-state index contributed by atoms with van der Waals surface area (Å²) in [6.07, 6.45) is 1.04. The summed E-state index contributed by atoms with van der Waals surface area (Å²) in [5, 5.41) is 6.49. The van der Waals surface area contributed by atoms with E-state index in [1.807, 2.05) is 44.2 Å². The highest BCUT2D eigenvalue weighted by Gasteiger charge is 2.21. The second-order valence-corrected chi connectivity index (χ2v) is 8.99. The van der Waals surface area contributed by atoms with Crippen LogP contribution in [0.4, 0.5) is 5.69 Å². The molecule has 0 radical (unpaired) electrons. The van der Waals surface area contributed by atoms with Crippen molar-refractivity contribution in [2.24, 2.45) is 0 Å². The van der Waals surface area contributed by atoms with Crippen molar-refractivity contribution >= 4 is 21.6 Å². The molecule has 0 aliphatic rings. The van der Waals surface area contributed by atoms with Crippen molar-refractivity contribution in [2.45, 2.75) is 26.5 Å². The largest absolute Gasteiger partial charge is 0.491 e. The highest BCUT2D eigenvalue weighted by atomic mass is 32.2. The van der Waals surface area contributed by atoms with Gasteiger partial charge in [0.25, 0.3) is 0 Å². The van der Waals surface area contributed by atoms with E-state index in [2.05, 4.69) is 15.5 Å². The zero-order valence-corrected chi connectivity index (χ0v) is 18.3. The van der Waals surface area contributed by atoms with Crippen molar-refractivity contribution in [3.05, 3.63) is 60.5 Å². The number of rotatable bonds is 9. The fourth-order valence-electron chi connectivity index (χ4n) is 2.75. The number of carbonyl (C=O) groups is 1. The topological polar surface area (TPSA) is 115 Å². The number of nitrogens with zero attached hydrogens (tertiary/aromatic N) is 3. The molecule has 1 heterocycles. The summed E-state index contributed by atoms with van der Waals surface area (Å²) in [5.41, 5.74) is 1.15. The zero-order valence-electron chi connectivity index (χ0n) is 17.5. The molecule has 10 heteroatoms. The van der Waals surface area contributed by atoms with Crippen LogP contribution in [-0.2, 0) is 21.4 Å². The maximum Gasteiger partial charge on any atom is 0.246 e. The lowest BCUT2D eigenvalue weighted by atomic mass is 10.2. The molecule has 0 fully saturated rings. The van der Waals surface area contributed by atoms with Crippen LogP contribution in [-0.4, -0.2) is 43.4 Å². The lowest BCUT2D eigenvalue weighted by Crippen LogP contribution is -2.40. The predicted octanol–water partition coefficient (Wildman–Crippen LogP) is 2.61. The van der Waals surface area contributed by atoms with E-state index in [9.17, 15) is 13.2 Å². The molecule has 0 bridgehead atoms. The summed E-state index contributed by atoms with van der Waals surface area (Å²) < 4.78 is 36.2. The number of carbonyl (C=O) groups excluding carboxylic acids is 1. The van der Waals surface area contributed by atoms with Crippen molar-refractivity contribution in [2.75, 3.05) is 17.1 Å². The van der Waals surface area contributed by atoms with Crippen LogP contribution in [0.25, 0.3) is 11.4 Å². The van der Waals surface area contributed by atoms with Crippen LogP contribution in [0.3, 0.4) is 0 Å². The van der Waals surface area contributed by atoms with Gasteiger partial charge in [-0.05, 0) is 38.1 Å². The summed E-state index contributed by atoms with van der Waals surface area (Å²) >= 11 is 0. The van der Waals surface area contributed by atoms with Crippen molar-refractivity contribution in [3.63, 3.8) is 0 Å². The van der Waals surface area contributed by atoms with Crippen LogP contribution in [0.1, 0.15) is 19.7 Å². The third kappa shape index (κ3) is 6.29. The molecular weight excluding hydrogens is 420 g/mol. The van der Waals surface area contributed by atoms with Crippen molar-refractivity contribution < 1.29 is 22.5 Å². The van der Waals surface area contributed by atoms with Crippen LogP contribution in [0.15, 0.2) is 59.1 Å². The molecular formula is C21H24N4O5S. The number of nitrogens with one attached hydrogen (secondary N) is 1. The second kappa shape index (κ2) is 9.61. The van der Waals surface area contributed by atoms with Crippen LogP contribution in [0.5, 0.6) is 5.75 Å². The highest BCUT2D eigenvalue weighted by molar-refractivity contribution is 7.92. The van der Waals surface area contributed by atoms with Gasteiger partial charge >= 0.3 is 0 Å².